The largest absolute Gasteiger partial charge is 0.494 e. The highest BCUT2D eigenvalue weighted by atomic mass is 16.5. The number of benzene rings is 2. The fourth-order valence-electron chi connectivity index (χ4n) is 5.15. The van der Waals surface area contributed by atoms with E-state index in [9.17, 15) is 4.79 Å². The monoisotopic (exact) mass is 427 g/mol. The van der Waals surface area contributed by atoms with Crippen molar-refractivity contribution in [1.29, 1.82) is 0 Å². The normalized spacial score (nSPS) is 19.2. The Morgan fingerprint density at radius 3 is 2.56 bits per heavy atom. The molecule has 2 aromatic carbocycles. The summed E-state index contributed by atoms with van der Waals surface area (Å²) in [6.07, 6.45) is 1.36. The Balaban J connectivity index is 1.78. The van der Waals surface area contributed by atoms with Crippen molar-refractivity contribution in [2.45, 2.75) is 46.5 Å². The van der Waals surface area contributed by atoms with E-state index < -0.39 is 0 Å². The molecule has 3 aromatic rings. The number of aromatic nitrogens is 2. The molecule has 1 N–H and O–H groups in total. The number of fused-ring (bicyclic) bond motifs is 1. The minimum absolute atomic E-state index is 0.0863. The molecule has 1 aliphatic carbocycles. The van der Waals surface area contributed by atoms with Gasteiger partial charge in [-0.1, -0.05) is 50.2 Å². The SMILES string of the molecule is CCOc1ccccc1C1C2=C(CC(C)(C)CC2=O)Nc2c1c(C)nn2-c1ccccc1. The van der Waals surface area contributed by atoms with E-state index in [1.54, 1.807) is 0 Å². The van der Waals surface area contributed by atoms with E-state index in [1.165, 1.54) is 0 Å². The molecule has 32 heavy (non-hydrogen) atoms. The minimum atomic E-state index is -0.204. The summed E-state index contributed by atoms with van der Waals surface area (Å²) in [6, 6.07) is 18.2. The van der Waals surface area contributed by atoms with E-state index in [4.69, 9.17) is 9.84 Å². The van der Waals surface area contributed by atoms with Crippen LogP contribution in [0.15, 0.2) is 65.9 Å². The average molecular weight is 428 g/mol. The lowest BCUT2D eigenvalue weighted by atomic mass is 9.69. The first-order valence-corrected chi connectivity index (χ1v) is 11.3. The third kappa shape index (κ3) is 3.32. The number of carbonyl (C=O) groups excluding carboxylic acids is 1. The Morgan fingerprint density at radius 1 is 1.09 bits per heavy atom. The van der Waals surface area contributed by atoms with Crippen LogP contribution >= 0.6 is 0 Å². The molecule has 1 aliphatic heterocycles. The quantitative estimate of drug-likeness (QED) is 0.573. The van der Waals surface area contributed by atoms with Crippen LogP contribution < -0.4 is 10.1 Å². The lowest BCUT2D eigenvalue weighted by molar-refractivity contribution is -0.118. The van der Waals surface area contributed by atoms with Crippen molar-refractivity contribution in [1.82, 2.24) is 9.78 Å². The van der Waals surface area contributed by atoms with Crippen molar-refractivity contribution in [2.75, 3.05) is 11.9 Å². The van der Waals surface area contributed by atoms with Gasteiger partial charge < -0.3 is 10.1 Å². The van der Waals surface area contributed by atoms with Crippen molar-refractivity contribution >= 4 is 11.6 Å². The highest BCUT2D eigenvalue weighted by Crippen LogP contribution is 2.51. The number of allylic oxidation sites excluding steroid dienone is 2. The summed E-state index contributed by atoms with van der Waals surface area (Å²) >= 11 is 0. The zero-order valence-corrected chi connectivity index (χ0v) is 19.1. The zero-order valence-electron chi connectivity index (χ0n) is 19.1. The number of Topliss-reactive ketones (excluding diaryl/α,β-unsaturated/α-hetero) is 1. The van der Waals surface area contributed by atoms with Gasteiger partial charge in [-0.05, 0) is 43.9 Å². The van der Waals surface area contributed by atoms with Gasteiger partial charge >= 0.3 is 0 Å². The van der Waals surface area contributed by atoms with E-state index in [-0.39, 0.29) is 17.1 Å². The Labute approximate surface area is 189 Å². The molecule has 0 saturated carbocycles. The number of ketones is 1. The van der Waals surface area contributed by atoms with Crippen molar-refractivity contribution in [3.8, 4) is 11.4 Å². The lowest BCUT2D eigenvalue weighted by Crippen LogP contribution is -2.34. The molecule has 5 nitrogen and oxygen atoms in total. The molecular weight excluding hydrogens is 398 g/mol. The molecule has 0 bridgehead atoms. The van der Waals surface area contributed by atoms with Crippen LogP contribution in [0, 0.1) is 12.3 Å². The summed E-state index contributed by atoms with van der Waals surface area (Å²) < 4.78 is 7.98. The summed E-state index contributed by atoms with van der Waals surface area (Å²) in [5.41, 5.74) is 5.76. The molecule has 0 spiro atoms. The van der Waals surface area contributed by atoms with Gasteiger partial charge in [-0.25, -0.2) is 4.68 Å². The van der Waals surface area contributed by atoms with Gasteiger partial charge in [0.15, 0.2) is 5.78 Å². The Morgan fingerprint density at radius 2 is 1.81 bits per heavy atom. The first-order chi connectivity index (χ1) is 15.4. The van der Waals surface area contributed by atoms with Gasteiger partial charge in [-0.15, -0.1) is 0 Å². The van der Waals surface area contributed by atoms with Gasteiger partial charge in [0.1, 0.15) is 11.6 Å². The number of ether oxygens (including phenoxy) is 1. The highest BCUT2D eigenvalue weighted by Gasteiger charge is 2.43. The van der Waals surface area contributed by atoms with Crippen LogP contribution in [0.3, 0.4) is 0 Å². The zero-order chi connectivity index (χ0) is 22.5. The van der Waals surface area contributed by atoms with E-state index in [0.29, 0.717) is 13.0 Å². The summed E-state index contributed by atoms with van der Waals surface area (Å²) in [4.78, 5) is 13.5. The second-order valence-electron chi connectivity index (χ2n) is 9.46. The average Bonchev–Trinajstić information content (AvgIpc) is 3.09. The van der Waals surface area contributed by atoms with Crippen LogP contribution in [0.5, 0.6) is 5.75 Å². The predicted octanol–water partition coefficient (Wildman–Crippen LogP) is 5.78. The minimum Gasteiger partial charge on any atom is -0.494 e. The van der Waals surface area contributed by atoms with Crippen LogP contribution in [0.25, 0.3) is 5.69 Å². The van der Waals surface area contributed by atoms with Gasteiger partial charge in [0.2, 0.25) is 0 Å². The van der Waals surface area contributed by atoms with Crippen LogP contribution in [0.2, 0.25) is 0 Å². The molecule has 2 heterocycles. The number of rotatable bonds is 4. The van der Waals surface area contributed by atoms with Crippen molar-refractivity contribution < 1.29 is 9.53 Å². The molecule has 5 rings (SSSR count). The number of carbonyl (C=O) groups is 1. The Bertz CT molecular complexity index is 1220. The van der Waals surface area contributed by atoms with Crippen LogP contribution in [-0.4, -0.2) is 22.2 Å². The van der Waals surface area contributed by atoms with E-state index in [2.05, 4.69) is 37.4 Å². The van der Waals surface area contributed by atoms with Gasteiger partial charge in [0, 0.05) is 34.7 Å². The summed E-state index contributed by atoms with van der Waals surface area (Å²) in [5.74, 6) is 1.76. The number of hydrogen-bond donors (Lipinski definition) is 1. The molecule has 1 atom stereocenters. The second-order valence-corrected chi connectivity index (χ2v) is 9.46. The maximum absolute atomic E-state index is 13.5. The third-order valence-electron chi connectivity index (χ3n) is 6.40. The molecule has 0 amide bonds. The fourth-order valence-corrected chi connectivity index (χ4v) is 5.15. The Hall–Kier alpha value is -3.34. The summed E-state index contributed by atoms with van der Waals surface area (Å²) in [5, 5.41) is 8.55. The van der Waals surface area contributed by atoms with Gasteiger partial charge in [0.25, 0.3) is 0 Å². The van der Waals surface area contributed by atoms with Gasteiger partial charge in [0.05, 0.1) is 18.0 Å². The van der Waals surface area contributed by atoms with Crippen LogP contribution in [0.4, 0.5) is 5.82 Å². The number of para-hydroxylation sites is 2. The van der Waals surface area contributed by atoms with Gasteiger partial charge in [-0.3, -0.25) is 4.79 Å². The Kier molecular flexibility index (Phi) is 4.92. The van der Waals surface area contributed by atoms with Crippen LogP contribution in [-0.2, 0) is 4.79 Å². The molecule has 0 fully saturated rings. The molecular formula is C27H29N3O2. The third-order valence-corrected chi connectivity index (χ3v) is 6.40. The first-order valence-electron chi connectivity index (χ1n) is 11.3. The van der Waals surface area contributed by atoms with Gasteiger partial charge in [-0.2, -0.15) is 5.10 Å². The fraction of sp³-hybridized carbons (Fsp3) is 0.333. The topological polar surface area (TPSA) is 56.1 Å². The molecule has 1 aromatic heterocycles. The van der Waals surface area contributed by atoms with E-state index in [1.807, 2.05) is 54.9 Å². The molecule has 1 unspecified atom stereocenters. The van der Waals surface area contributed by atoms with E-state index in [0.717, 1.165) is 51.8 Å². The summed E-state index contributed by atoms with van der Waals surface area (Å²) in [7, 11) is 0. The molecule has 0 radical (unpaired) electrons. The number of hydrogen-bond acceptors (Lipinski definition) is 4. The predicted molar refractivity (Wildman–Crippen MR) is 126 cm³/mol. The first kappa shape index (κ1) is 20.6. The number of nitrogens with one attached hydrogen (secondary N) is 1. The van der Waals surface area contributed by atoms with E-state index >= 15 is 0 Å². The summed E-state index contributed by atoms with van der Waals surface area (Å²) in [6.45, 7) is 8.91. The molecule has 5 heteroatoms. The lowest BCUT2D eigenvalue weighted by Gasteiger charge is -2.39. The van der Waals surface area contributed by atoms with Crippen molar-refractivity contribution in [3.05, 3.63) is 82.7 Å². The molecule has 0 saturated heterocycles. The number of anilines is 1. The van der Waals surface area contributed by atoms with Crippen molar-refractivity contribution in [2.24, 2.45) is 5.41 Å². The maximum Gasteiger partial charge on any atom is 0.162 e. The smallest absolute Gasteiger partial charge is 0.162 e. The standard InChI is InChI=1S/C27H29N3O2/c1-5-32-22-14-10-9-13-19(22)24-23-17(2)29-30(18-11-7-6-8-12-18)26(23)28-20-15-27(3,4)16-21(31)25(20)24/h6-14,24,28H,5,15-16H2,1-4H3. The van der Waals surface area contributed by atoms with Crippen molar-refractivity contribution in [3.63, 3.8) is 0 Å². The number of aryl methyl sites for hydroxylation is 1. The number of nitrogens with zero attached hydrogens (tertiary/aromatic N) is 2. The molecule has 2 aliphatic rings. The second kappa shape index (κ2) is 7.66. The highest BCUT2D eigenvalue weighted by molar-refractivity contribution is 6.01. The van der Waals surface area contributed by atoms with Crippen LogP contribution in [0.1, 0.15) is 56.4 Å². The maximum atomic E-state index is 13.5. The molecule has 164 valence electrons.